The van der Waals surface area contributed by atoms with Crippen molar-refractivity contribution < 1.29 is 19.1 Å². The second kappa shape index (κ2) is 7.60. The van der Waals surface area contributed by atoms with E-state index >= 15 is 0 Å². The molecule has 1 heterocycles. The fraction of sp³-hybridized carbons (Fsp3) is 0.750. The number of ether oxygens (including phenoxy) is 1. The predicted molar refractivity (Wildman–Crippen MR) is 68.4 cm³/mol. The van der Waals surface area contributed by atoms with Gasteiger partial charge in [0, 0.05) is 39.0 Å². The van der Waals surface area contributed by atoms with Crippen LogP contribution < -0.4 is 10.6 Å². The van der Waals surface area contributed by atoms with E-state index in [-0.39, 0.29) is 23.8 Å². The minimum atomic E-state index is -0.343. The van der Waals surface area contributed by atoms with E-state index in [1.165, 1.54) is 14.0 Å². The van der Waals surface area contributed by atoms with E-state index in [1.54, 1.807) is 4.90 Å². The van der Waals surface area contributed by atoms with Crippen molar-refractivity contribution in [2.75, 3.05) is 33.3 Å². The van der Waals surface area contributed by atoms with Gasteiger partial charge in [0.25, 0.3) is 0 Å². The molecular formula is C12H21N3O4. The van der Waals surface area contributed by atoms with Crippen molar-refractivity contribution in [3.05, 3.63) is 0 Å². The second-order valence-electron chi connectivity index (χ2n) is 4.51. The number of hydrogen-bond donors (Lipinski definition) is 2. The van der Waals surface area contributed by atoms with E-state index in [0.29, 0.717) is 39.0 Å². The summed E-state index contributed by atoms with van der Waals surface area (Å²) in [4.78, 5) is 35.4. The molecule has 0 aliphatic carbocycles. The van der Waals surface area contributed by atoms with E-state index < -0.39 is 0 Å². The lowest BCUT2D eigenvalue weighted by atomic mass is 9.96. The Kier molecular flexibility index (Phi) is 6.11. The quantitative estimate of drug-likeness (QED) is 0.688. The zero-order valence-corrected chi connectivity index (χ0v) is 11.4. The highest BCUT2D eigenvalue weighted by atomic mass is 16.5. The van der Waals surface area contributed by atoms with Crippen LogP contribution in [0.4, 0.5) is 4.79 Å². The number of piperidine rings is 1. The van der Waals surface area contributed by atoms with Crippen molar-refractivity contribution >= 4 is 17.9 Å². The molecule has 1 saturated heterocycles. The Labute approximate surface area is 112 Å². The van der Waals surface area contributed by atoms with E-state index in [0.717, 1.165) is 0 Å². The van der Waals surface area contributed by atoms with Gasteiger partial charge in [-0.3, -0.25) is 9.59 Å². The summed E-state index contributed by atoms with van der Waals surface area (Å²) < 4.78 is 4.63. The van der Waals surface area contributed by atoms with Crippen molar-refractivity contribution in [1.29, 1.82) is 0 Å². The predicted octanol–water partition coefficient (Wildman–Crippen LogP) is -0.283. The van der Waals surface area contributed by atoms with Gasteiger partial charge in [-0.15, -0.1) is 0 Å². The molecule has 0 atom stereocenters. The van der Waals surface area contributed by atoms with Crippen LogP contribution >= 0.6 is 0 Å². The van der Waals surface area contributed by atoms with Crippen LogP contribution in [0.25, 0.3) is 0 Å². The first-order valence-corrected chi connectivity index (χ1v) is 6.39. The SMILES string of the molecule is COC(=O)N1CCC(C(=O)NCCNC(C)=O)CC1. The Hall–Kier alpha value is -1.79. The number of carbonyl (C=O) groups excluding carboxylic acids is 3. The van der Waals surface area contributed by atoms with Gasteiger partial charge in [-0.2, -0.15) is 0 Å². The average molecular weight is 271 g/mol. The van der Waals surface area contributed by atoms with Crippen LogP contribution in [0, 0.1) is 5.92 Å². The normalized spacial score (nSPS) is 15.8. The number of amides is 3. The largest absolute Gasteiger partial charge is 0.453 e. The van der Waals surface area contributed by atoms with Crippen LogP contribution in [0.15, 0.2) is 0 Å². The molecule has 0 aromatic carbocycles. The average Bonchev–Trinajstić information content (AvgIpc) is 2.42. The van der Waals surface area contributed by atoms with Gasteiger partial charge < -0.3 is 20.3 Å². The molecule has 19 heavy (non-hydrogen) atoms. The molecule has 1 aliphatic heterocycles. The standard InChI is InChI=1S/C12H21N3O4/c1-9(16)13-5-6-14-11(17)10-3-7-15(8-4-10)12(18)19-2/h10H,3-8H2,1-2H3,(H,13,16)(H,14,17). The molecule has 0 unspecified atom stereocenters. The molecule has 3 amide bonds. The highest BCUT2D eigenvalue weighted by Crippen LogP contribution is 2.17. The number of likely N-dealkylation sites (tertiary alicyclic amines) is 1. The summed E-state index contributed by atoms with van der Waals surface area (Å²) in [7, 11) is 1.35. The second-order valence-corrected chi connectivity index (χ2v) is 4.51. The summed E-state index contributed by atoms with van der Waals surface area (Å²) in [6, 6.07) is 0. The van der Waals surface area contributed by atoms with E-state index in [9.17, 15) is 14.4 Å². The van der Waals surface area contributed by atoms with Gasteiger partial charge in [0.1, 0.15) is 0 Å². The fourth-order valence-electron chi connectivity index (χ4n) is 2.02. The third-order valence-electron chi connectivity index (χ3n) is 3.10. The smallest absolute Gasteiger partial charge is 0.409 e. The van der Waals surface area contributed by atoms with Crippen LogP contribution in [0.5, 0.6) is 0 Å². The molecule has 1 rings (SSSR count). The van der Waals surface area contributed by atoms with E-state index in [4.69, 9.17) is 0 Å². The van der Waals surface area contributed by atoms with Crippen LogP contribution in [-0.2, 0) is 14.3 Å². The Morgan fingerprint density at radius 3 is 2.26 bits per heavy atom. The molecule has 7 heteroatoms. The monoisotopic (exact) mass is 271 g/mol. The molecule has 0 radical (unpaired) electrons. The Morgan fingerprint density at radius 2 is 1.74 bits per heavy atom. The molecular weight excluding hydrogens is 250 g/mol. The number of nitrogens with zero attached hydrogens (tertiary/aromatic N) is 1. The summed E-state index contributed by atoms with van der Waals surface area (Å²) >= 11 is 0. The van der Waals surface area contributed by atoms with Crippen molar-refractivity contribution in [3.63, 3.8) is 0 Å². The first-order valence-electron chi connectivity index (χ1n) is 6.39. The molecule has 7 nitrogen and oxygen atoms in total. The lowest BCUT2D eigenvalue weighted by Gasteiger charge is -2.30. The van der Waals surface area contributed by atoms with Gasteiger partial charge in [0.2, 0.25) is 11.8 Å². The molecule has 108 valence electrons. The molecule has 1 aliphatic rings. The van der Waals surface area contributed by atoms with Crippen LogP contribution in [0.3, 0.4) is 0 Å². The molecule has 2 N–H and O–H groups in total. The molecule has 1 fully saturated rings. The maximum absolute atomic E-state index is 11.8. The molecule has 0 saturated carbocycles. The zero-order chi connectivity index (χ0) is 14.3. The molecule has 0 spiro atoms. The first-order chi connectivity index (χ1) is 9.04. The zero-order valence-electron chi connectivity index (χ0n) is 11.4. The highest BCUT2D eigenvalue weighted by Gasteiger charge is 2.27. The number of carbonyl (C=O) groups is 3. The maximum atomic E-state index is 11.8. The third-order valence-corrected chi connectivity index (χ3v) is 3.10. The van der Waals surface area contributed by atoms with Crippen LogP contribution in [0.1, 0.15) is 19.8 Å². The Bertz CT molecular complexity index is 338. The van der Waals surface area contributed by atoms with Gasteiger partial charge in [0.15, 0.2) is 0 Å². The van der Waals surface area contributed by atoms with Crippen molar-refractivity contribution in [3.8, 4) is 0 Å². The molecule has 0 aromatic heterocycles. The van der Waals surface area contributed by atoms with Gasteiger partial charge >= 0.3 is 6.09 Å². The number of hydrogen-bond acceptors (Lipinski definition) is 4. The number of nitrogens with one attached hydrogen (secondary N) is 2. The Morgan fingerprint density at radius 1 is 1.16 bits per heavy atom. The lowest BCUT2D eigenvalue weighted by molar-refractivity contribution is -0.126. The summed E-state index contributed by atoms with van der Waals surface area (Å²) in [6.45, 7) is 3.37. The Balaban J connectivity index is 2.21. The number of rotatable bonds is 4. The highest BCUT2D eigenvalue weighted by molar-refractivity contribution is 5.79. The lowest BCUT2D eigenvalue weighted by Crippen LogP contribution is -2.44. The maximum Gasteiger partial charge on any atom is 0.409 e. The van der Waals surface area contributed by atoms with Gasteiger partial charge in [-0.25, -0.2) is 4.79 Å². The van der Waals surface area contributed by atoms with Crippen molar-refractivity contribution in [2.45, 2.75) is 19.8 Å². The van der Waals surface area contributed by atoms with Crippen molar-refractivity contribution in [2.24, 2.45) is 5.92 Å². The topological polar surface area (TPSA) is 87.7 Å². The number of methoxy groups -OCH3 is 1. The summed E-state index contributed by atoms with van der Waals surface area (Å²) in [5.41, 5.74) is 0. The summed E-state index contributed by atoms with van der Waals surface area (Å²) in [6.07, 6.45) is 0.937. The minimum Gasteiger partial charge on any atom is -0.453 e. The minimum absolute atomic E-state index is 0.0186. The molecule has 0 bridgehead atoms. The summed E-state index contributed by atoms with van der Waals surface area (Å²) in [5.74, 6) is -0.200. The van der Waals surface area contributed by atoms with E-state index in [1.807, 2.05) is 0 Å². The first kappa shape index (κ1) is 15.3. The summed E-state index contributed by atoms with van der Waals surface area (Å²) in [5, 5.41) is 5.39. The van der Waals surface area contributed by atoms with Crippen LogP contribution in [-0.4, -0.2) is 56.1 Å². The van der Waals surface area contributed by atoms with Crippen LogP contribution in [0.2, 0.25) is 0 Å². The molecule has 0 aromatic rings. The van der Waals surface area contributed by atoms with Gasteiger partial charge in [-0.1, -0.05) is 0 Å². The van der Waals surface area contributed by atoms with Gasteiger partial charge in [0.05, 0.1) is 7.11 Å². The van der Waals surface area contributed by atoms with Gasteiger partial charge in [-0.05, 0) is 12.8 Å². The van der Waals surface area contributed by atoms with E-state index in [2.05, 4.69) is 15.4 Å². The third kappa shape index (κ3) is 5.15. The fourth-order valence-corrected chi connectivity index (χ4v) is 2.02. The van der Waals surface area contributed by atoms with Crippen molar-refractivity contribution in [1.82, 2.24) is 15.5 Å².